The van der Waals surface area contributed by atoms with Gasteiger partial charge in [0, 0.05) is 18.2 Å². The van der Waals surface area contributed by atoms with Crippen LogP contribution in [0, 0.1) is 5.82 Å². The standard InChI is InChI=1S/C14H21FN2O/c1-10(16)8-9-17-13(18)14(2,3)11-6-4-5-7-12(11)15/h4-7,10H,8-9,16H2,1-3H3,(H,17,18). The van der Waals surface area contributed by atoms with Crippen LogP contribution in [0.15, 0.2) is 24.3 Å². The summed E-state index contributed by atoms with van der Waals surface area (Å²) in [5, 5.41) is 2.79. The Labute approximate surface area is 108 Å². The van der Waals surface area contributed by atoms with Crippen molar-refractivity contribution in [1.29, 1.82) is 0 Å². The number of amides is 1. The van der Waals surface area contributed by atoms with Gasteiger partial charge in [-0.25, -0.2) is 4.39 Å². The summed E-state index contributed by atoms with van der Waals surface area (Å²) in [7, 11) is 0. The molecule has 0 radical (unpaired) electrons. The molecule has 3 N–H and O–H groups in total. The molecule has 0 spiro atoms. The van der Waals surface area contributed by atoms with Gasteiger partial charge in [0.05, 0.1) is 5.41 Å². The van der Waals surface area contributed by atoms with Crippen LogP contribution >= 0.6 is 0 Å². The number of carbonyl (C=O) groups excluding carboxylic acids is 1. The second-order valence-corrected chi connectivity index (χ2v) is 5.13. The van der Waals surface area contributed by atoms with E-state index >= 15 is 0 Å². The quantitative estimate of drug-likeness (QED) is 0.841. The van der Waals surface area contributed by atoms with E-state index in [9.17, 15) is 9.18 Å². The molecule has 1 atom stereocenters. The fourth-order valence-electron chi connectivity index (χ4n) is 1.72. The number of carbonyl (C=O) groups is 1. The van der Waals surface area contributed by atoms with E-state index in [4.69, 9.17) is 5.73 Å². The normalized spacial score (nSPS) is 13.2. The van der Waals surface area contributed by atoms with Crippen molar-refractivity contribution in [2.75, 3.05) is 6.54 Å². The molecular weight excluding hydrogens is 231 g/mol. The number of hydrogen-bond donors (Lipinski definition) is 2. The van der Waals surface area contributed by atoms with E-state index in [1.54, 1.807) is 32.0 Å². The van der Waals surface area contributed by atoms with Gasteiger partial charge in [-0.3, -0.25) is 4.79 Å². The number of halogens is 1. The largest absolute Gasteiger partial charge is 0.355 e. The van der Waals surface area contributed by atoms with Crippen LogP contribution in [-0.4, -0.2) is 18.5 Å². The summed E-state index contributed by atoms with van der Waals surface area (Å²) in [4.78, 5) is 12.1. The Morgan fingerprint density at radius 3 is 2.61 bits per heavy atom. The minimum Gasteiger partial charge on any atom is -0.355 e. The zero-order chi connectivity index (χ0) is 13.8. The van der Waals surface area contributed by atoms with Crippen molar-refractivity contribution in [3.63, 3.8) is 0 Å². The van der Waals surface area contributed by atoms with Crippen LogP contribution in [0.4, 0.5) is 4.39 Å². The van der Waals surface area contributed by atoms with E-state index < -0.39 is 5.41 Å². The topological polar surface area (TPSA) is 55.1 Å². The summed E-state index contributed by atoms with van der Waals surface area (Å²) in [5.74, 6) is -0.543. The Balaban J connectivity index is 2.74. The smallest absolute Gasteiger partial charge is 0.230 e. The van der Waals surface area contributed by atoms with Crippen molar-refractivity contribution < 1.29 is 9.18 Å². The minimum absolute atomic E-state index is 0.0434. The molecule has 0 fully saturated rings. The maximum Gasteiger partial charge on any atom is 0.230 e. The third-order valence-electron chi connectivity index (χ3n) is 3.00. The zero-order valence-electron chi connectivity index (χ0n) is 11.2. The van der Waals surface area contributed by atoms with Crippen LogP contribution in [0.25, 0.3) is 0 Å². The molecule has 0 heterocycles. The molecule has 0 aliphatic carbocycles. The Hall–Kier alpha value is -1.42. The Kier molecular flexibility index (Phi) is 4.84. The van der Waals surface area contributed by atoms with Gasteiger partial charge in [0.15, 0.2) is 0 Å². The molecule has 0 saturated heterocycles. The van der Waals surface area contributed by atoms with Gasteiger partial charge < -0.3 is 11.1 Å². The summed E-state index contributed by atoms with van der Waals surface area (Å²) < 4.78 is 13.7. The fraction of sp³-hybridized carbons (Fsp3) is 0.500. The molecule has 1 rings (SSSR count). The predicted octanol–water partition coefficient (Wildman–Crippen LogP) is 1.96. The lowest BCUT2D eigenvalue weighted by Crippen LogP contribution is -2.42. The third kappa shape index (κ3) is 3.53. The van der Waals surface area contributed by atoms with Crippen LogP contribution in [0.1, 0.15) is 32.8 Å². The van der Waals surface area contributed by atoms with E-state index in [2.05, 4.69) is 5.32 Å². The number of hydrogen-bond acceptors (Lipinski definition) is 2. The highest BCUT2D eigenvalue weighted by atomic mass is 19.1. The highest BCUT2D eigenvalue weighted by Gasteiger charge is 2.31. The molecule has 0 saturated carbocycles. The molecule has 0 bridgehead atoms. The molecule has 0 aromatic heterocycles. The van der Waals surface area contributed by atoms with Gasteiger partial charge in [0.1, 0.15) is 5.82 Å². The Morgan fingerprint density at radius 2 is 2.06 bits per heavy atom. The second-order valence-electron chi connectivity index (χ2n) is 5.13. The molecule has 3 nitrogen and oxygen atoms in total. The van der Waals surface area contributed by atoms with Crippen molar-refractivity contribution >= 4 is 5.91 Å². The maximum atomic E-state index is 13.7. The second kappa shape index (κ2) is 5.96. The fourth-order valence-corrected chi connectivity index (χ4v) is 1.72. The molecule has 0 aliphatic heterocycles. The highest BCUT2D eigenvalue weighted by Crippen LogP contribution is 2.25. The van der Waals surface area contributed by atoms with Gasteiger partial charge in [0.25, 0.3) is 0 Å². The van der Waals surface area contributed by atoms with E-state index in [-0.39, 0.29) is 17.8 Å². The van der Waals surface area contributed by atoms with Crippen LogP contribution in [-0.2, 0) is 10.2 Å². The summed E-state index contributed by atoms with van der Waals surface area (Å²) >= 11 is 0. The van der Waals surface area contributed by atoms with Crippen LogP contribution in [0.5, 0.6) is 0 Å². The summed E-state index contributed by atoms with van der Waals surface area (Å²) in [6, 6.07) is 6.40. The molecule has 18 heavy (non-hydrogen) atoms. The first-order valence-electron chi connectivity index (χ1n) is 6.14. The van der Waals surface area contributed by atoms with Crippen molar-refractivity contribution in [2.24, 2.45) is 5.73 Å². The average Bonchev–Trinajstić information content (AvgIpc) is 2.28. The molecule has 100 valence electrons. The average molecular weight is 252 g/mol. The number of nitrogens with two attached hydrogens (primary N) is 1. The molecule has 1 aromatic rings. The van der Waals surface area contributed by atoms with Gasteiger partial charge in [-0.05, 0) is 33.3 Å². The van der Waals surface area contributed by atoms with E-state index in [1.165, 1.54) is 6.07 Å². The highest BCUT2D eigenvalue weighted by molar-refractivity contribution is 5.87. The van der Waals surface area contributed by atoms with Crippen molar-refractivity contribution in [3.05, 3.63) is 35.6 Å². The first-order valence-corrected chi connectivity index (χ1v) is 6.14. The number of nitrogens with one attached hydrogen (secondary N) is 1. The lowest BCUT2D eigenvalue weighted by atomic mass is 9.83. The minimum atomic E-state index is -0.886. The van der Waals surface area contributed by atoms with E-state index in [0.29, 0.717) is 18.5 Å². The summed E-state index contributed by atoms with van der Waals surface area (Å²) in [5.41, 5.74) is 5.13. The summed E-state index contributed by atoms with van der Waals surface area (Å²) in [6.45, 7) is 5.82. The monoisotopic (exact) mass is 252 g/mol. The third-order valence-corrected chi connectivity index (χ3v) is 3.00. The van der Waals surface area contributed by atoms with Crippen molar-refractivity contribution in [3.8, 4) is 0 Å². The van der Waals surface area contributed by atoms with Gasteiger partial charge in [0.2, 0.25) is 5.91 Å². The van der Waals surface area contributed by atoms with Crippen LogP contribution in [0.2, 0.25) is 0 Å². The van der Waals surface area contributed by atoms with E-state index in [1.807, 2.05) is 6.92 Å². The van der Waals surface area contributed by atoms with Gasteiger partial charge >= 0.3 is 0 Å². The maximum absolute atomic E-state index is 13.7. The van der Waals surface area contributed by atoms with Gasteiger partial charge in [-0.1, -0.05) is 18.2 Å². The van der Waals surface area contributed by atoms with Crippen LogP contribution < -0.4 is 11.1 Å². The summed E-state index contributed by atoms with van der Waals surface area (Å²) in [6.07, 6.45) is 0.707. The molecule has 4 heteroatoms. The van der Waals surface area contributed by atoms with Gasteiger partial charge in [-0.2, -0.15) is 0 Å². The molecule has 0 aliphatic rings. The molecule has 1 unspecified atom stereocenters. The lowest BCUT2D eigenvalue weighted by molar-refractivity contribution is -0.125. The predicted molar refractivity (Wildman–Crippen MR) is 70.7 cm³/mol. The SMILES string of the molecule is CC(N)CCNC(=O)C(C)(C)c1ccccc1F. The number of rotatable bonds is 5. The zero-order valence-corrected chi connectivity index (χ0v) is 11.2. The van der Waals surface area contributed by atoms with Gasteiger partial charge in [-0.15, -0.1) is 0 Å². The lowest BCUT2D eigenvalue weighted by Gasteiger charge is -2.24. The molecule has 1 aromatic carbocycles. The van der Waals surface area contributed by atoms with Crippen molar-refractivity contribution in [1.82, 2.24) is 5.32 Å². The van der Waals surface area contributed by atoms with Crippen LogP contribution in [0.3, 0.4) is 0 Å². The first kappa shape index (κ1) is 14.6. The molecule has 1 amide bonds. The molecular formula is C14H21FN2O. The van der Waals surface area contributed by atoms with Crippen molar-refractivity contribution in [2.45, 2.75) is 38.6 Å². The Bertz CT molecular complexity index is 416. The van der Waals surface area contributed by atoms with E-state index in [0.717, 1.165) is 0 Å². The Morgan fingerprint density at radius 1 is 1.44 bits per heavy atom. The number of benzene rings is 1. The first-order chi connectivity index (χ1) is 8.35.